The number of aryl methyl sites for hydroxylation is 1. The van der Waals surface area contributed by atoms with Gasteiger partial charge < -0.3 is 32.6 Å². The number of rotatable bonds is 10. The Morgan fingerprint density at radius 2 is 1.63 bits per heavy atom. The third-order valence-corrected chi connectivity index (χ3v) is 5.09. The molecule has 0 saturated heterocycles. The maximum absolute atomic E-state index is 12.3. The number of benzene rings is 1. The van der Waals surface area contributed by atoms with Crippen molar-refractivity contribution in [3.05, 3.63) is 46.2 Å². The molecule has 0 radical (unpaired) electrons. The van der Waals surface area contributed by atoms with Crippen LogP contribution in [0.15, 0.2) is 29.3 Å². The lowest BCUT2D eigenvalue weighted by Crippen LogP contribution is -2.38. The van der Waals surface area contributed by atoms with Gasteiger partial charge in [-0.15, -0.1) is 0 Å². The number of anilines is 2. The minimum Gasteiger partial charge on any atom is -0.444 e. The van der Waals surface area contributed by atoms with Crippen molar-refractivity contribution >= 4 is 47.1 Å². The molecule has 1 aromatic carbocycles. The smallest absolute Gasteiger partial charge is 0.407 e. The predicted molar refractivity (Wildman–Crippen MR) is 146 cm³/mol. The Bertz CT molecular complexity index is 1160. The summed E-state index contributed by atoms with van der Waals surface area (Å²) in [4.78, 5) is 47.8. The number of nitrogen functional groups attached to an aromatic ring is 2. The van der Waals surface area contributed by atoms with Gasteiger partial charge in [-0.3, -0.25) is 19.9 Å². The minimum atomic E-state index is -0.693. The van der Waals surface area contributed by atoms with Crippen LogP contribution in [0.3, 0.4) is 0 Å². The van der Waals surface area contributed by atoms with Gasteiger partial charge in [-0.05, 0) is 57.7 Å². The van der Waals surface area contributed by atoms with Crippen LogP contribution in [0.5, 0.6) is 0 Å². The molecule has 14 heteroatoms. The van der Waals surface area contributed by atoms with Crippen molar-refractivity contribution < 1.29 is 19.1 Å². The molecule has 13 nitrogen and oxygen atoms in total. The fraction of sp³-hybridized carbons (Fsp3) is 0.417. The van der Waals surface area contributed by atoms with Crippen LogP contribution in [-0.4, -0.2) is 59.1 Å². The highest BCUT2D eigenvalue weighted by molar-refractivity contribution is 6.31. The minimum absolute atomic E-state index is 0.0787. The zero-order valence-corrected chi connectivity index (χ0v) is 22.4. The van der Waals surface area contributed by atoms with Gasteiger partial charge in [-0.1, -0.05) is 23.7 Å². The average molecular weight is 548 g/mol. The molecule has 38 heavy (non-hydrogen) atoms. The van der Waals surface area contributed by atoms with Gasteiger partial charge in [0.1, 0.15) is 5.60 Å². The summed E-state index contributed by atoms with van der Waals surface area (Å²) < 4.78 is 5.14. The number of aliphatic imine (C=N–C) groups is 1. The van der Waals surface area contributed by atoms with Crippen LogP contribution in [0.2, 0.25) is 5.15 Å². The Hall–Kier alpha value is -4.13. The number of nitrogens with one attached hydrogen (secondary N) is 3. The number of nitrogens with zero attached hydrogens (tertiary/aromatic N) is 3. The number of aromatic nitrogens is 2. The zero-order valence-electron chi connectivity index (χ0n) is 21.6. The summed E-state index contributed by atoms with van der Waals surface area (Å²) >= 11 is 5.78. The molecule has 0 aliphatic heterocycles. The molecule has 1 aromatic heterocycles. The molecule has 0 aliphatic carbocycles. The number of carbonyl (C=O) groups excluding carboxylic acids is 3. The molecule has 1 heterocycles. The summed E-state index contributed by atoms with van der Waals surface area (Å²) in [6, 6.07) is 7.26. The van der Waals surface area contributed by atoms with Gasteiger partial charge in [0.15, 0.2) is 28.4 Å². The molecule has 0 spiro atoms. The Kier molecular flexibility index (Phi) is 11.1. The van der Waals surface area contributed by atoms with Crippen molar-refractivity contribution in [2.75, 3.05) is 31.1 Å². The van der Waals surface area contributed by atoms with Crippen molar-refractivity contribution in [1.29, 1.82) is 0 Å². The summed E-state index contributed by atoms with van der Waals surface area (Å²) in [6.07, 6.45) is 1.79. The molecule has 0 atom stereocenters. The number of alkyl carbamates (subject to hydrolysis) is 1. The number of hydrogen-bond acceptors (Lipinski definition) is 9. The molecule has 0 fully saturated rings. The Balaban J connectivity index is 1.68. The van der Waals surface area contributed by atoms with Crippen molar-refractivity contribution in [3.63, 3.8) is 0 Å². The lowest BCUT2D eigenvalue weighted by Gasteiger charge is -2.19. The van der Waals surface area contributed by atoms with E-state index in [0.717, 1.165) is 24.8 Å². The zero-order chi connectivity index (χ0) is 28.3. The van der Waals surface area contributed by atoms with Crippen LogP contribution in [-0.2, 0) is 11.2 Å². The number of guanidine groups is 1. The normalized spacial score (nSPS) is 11.5. The van der Waals surface area contributed by atoms with E-state index in [1.807, 2.05) is 12.1 Å². The third-order valence-electron chi connectivity index (χ3n) is 4.81. The van der Waals surface area contributed by atoms with E-state index in [1.165, 1.54) is 0 Å². The monoisotopic (exact) mass is 547 g/mol. The first-order chi connectivity index (χ1) is 17.9. The maximum atomic E-state index is 12.3. The van der Waals surface area contributed by atoms with Gasteiger partial charge in [0.2, 0.25) is 0 Å². The molecule has 2 rings (SSSR count). The van der Waals surface area contributed by atoms with Gasteiger partial charge in [0, 0.05) is 25.2 Å². The van der Waals surface area contributed by atoms with Crippen molar-refractivity contribution in [2.24, 2.45) is 10.7 Å². The number of nitrogens with two attached hydrogens (primary N) is 3. The molecular formula is C24H34ClN9O4. The average Bonchev–Trinajstić information content (AvgIpc) is 2.83. The van der Waals surface area contributed by atoms with E-state index >= 15 is 0 Å². The predicted octanol–water partition coefficient (Wildman–Crippen LogP) is 1.62. The van der Waals surface area contributed by atoms with E-state index in [1.54, 1.807) is 32.9 Å². The summed E-state index contributed by atoms with van der Waals surface area (Å²) in [7, 11) is 0. The fourth-order valence-electron chi connectivity index (χ4n) is 3.04. The van der Waals surface area contributed by atoms with Crippen LogP contribution in [0.4, 0.5) is 16.4 Å². The van der Waals surface area contributed by atoms with Crippen molar-refractivity contribution in [2.45, 2.75) is 45.6 Å². The van der Waals surface area contributed by atoms with Crippen LogP contribution in [0, 0.1) is 0 Å². The second-order valence-corrected chi connectivity index (χ2v) is 9.55. The van der Waals surface area contributed by atoms with Crippen LogP contribution in [0.1, 0.15) is 60.0 Å². The number of halogens is 1. The third kappa shape index (κ3) is 10.5. The highest BCUT2D eigenvalue weighted by atomic mass is 35.5. The summed E-state index contributed by atoms with van der Waals surface area (Å²) in [6.45, 7) is 6.26. The Morgan fingerprint density at radius 1 is 0.974 bits per heavy atom. The highest BCUT2D eigenvalue weighted by Gasteiger charge is 2.17. The summed E-state index contributed by atoms with van der Waals surface area (Å²) in [5.74, 6) is -1.26. The second kappa shape index (κ2) is 14.0. The first-order valence-electron chi connectivity index (χ1n) is 11.9. The van der Waals surface area contributed by atoms with E-state index < -0.39 is 17.6 Å². The van der Waals surface area contributed by atoms with Gasteiger partial charge in [-0.2, -0.15) is 0 Å². The summed E-state index contributed by atoms with van der Waals surface area (Å²) in [5, 5.41) is 7.58. The number of unbranched alkanes of at least 4 members (excludes halogenated alkanes) is 1. The van der Waals surface area contributed by atoms with E-state index in [2.05, 4.69) is 30.9 Å². The Labute approximate surface area is 226 Å². The molecule has 3 amide bonds. The fourth-order valence-corrected chi connectivity index (χ4v) is 3.17. The SMILES string of the molecule is CC(C)(C)OC(=O)NCCNC(=O)c1ccc(CCCCN=C(N)NC(=O)c2nc(Cl)c(N)nc2N)cc1. The standard InChI is InChI=1S/C24H34ClN9O4/c1-24(2,3)38-23(37)31-13-12-29-20(35)15-9-7-14(8-10-15)6-4-5-11-30-22(28)34-21(36)16-18(26)33-19(27)17(25)32-16/h7-10H,4-6,11-13H2,1-3H3,(H,29,35)(H,31,37)(H4,26,27,33)(H3,28,30,34,36). The van der Waals surface area contributed by atoms with Crippen molar-refractivity contribution in [3.8, 4) is 0 Å². The molecule has 206 valence electrons. The molecule has 0 unspecified atom stereocenters. The van der Waals surface area contributed by atoms with Gasteiger partial charge in [0.25, 0.3) is 11.8 Å². The number of hydrogen-bond donors (Lipinski definition) is 6. The van der Waals surface area contributed by atoms with Crippen molar-refractivity contribution in [1.82, 2.24) is 25.9 Å². The molecule has 2 aromatic rings. The Morgan fingerprint density at radius 3 is 2.29 bits per heavy atom. The number of carbonyl (C=O) groups is 3. The number of amides is 3. The van der Waals surface area contributed by atoms with E-state index in [9.17, 15) is 14.4 Å². The topological polar surface area (TPSA) is 213 Å². The number of ether oxygens (including phenoxy) is 1. The van der Waals surface area contributed by atoms with E-state index in [4.69, 9.17) is 33.5 Å². The molecular weight excluding hydrogens is 514 g/mol. The lowest BCUT2D eigenvalue weighted by molar-refractivity contribution is 0.0526. The molecule has 0 aliphatic rings. The largest absolute Gasteiger partial charge is 0.444 e. The van der Waals surface area contributed by atoms with E-state index in [-0.39, 0.29) is 47.4 Å². The quantitative estimate of drug-likeness (QED) is 0.144. The highest BCUT2D eigenvalue weighted by Crippen LogP contribution is 2.17. The molecule has 9 N–H and O–H groups in total. The van der Waals surface area contributed by atoms with E-state index in [0.29, 0.717) is 12.1 Å². The first kappa shape index (κ1) is 30.1. The first-order valence-corrected chi connectivity index (χ1v) is 12.3. The molecule has 0 saturated carbocycles. The second-order valence-electron chi connectivity index (χ2n) is 9.19. The van der Waals surface area contributed by atoms with Gasteiger partial charge >= 0.3 is 6.09 Å². The molecule has 0 bridgehead atoms. The van der Waals surface area contributed by atoms with Crippen LogP contribution < -0.4 is 33.2 Å². The van der Waals surface area contributed by atoms with Gasteiger partial charge in [-0.25, -0.2) is 14.8 Å². The maximum Gasteiger partial charge on any atom is 0.407 e. The summed E-state index contributed by atoms with van der Waals surface area (Å²) in [5.41, 5.74) is 17.7. The van der Waals surface area contributed by atoms with Crippen LogP contribution in [0.25, 0.3) is 0 Å². The lowest BCUT2D eigenvalue weighted by atomic mass is 10.1. The van der Waals surface area contributed by atoms with Crippen LogP contribution >= 0.6 is 11.6 Å². The van der Waals surface area contributed by atoms with Gasteiger partial charge in [0.05, 0.1) is 0 Å².